The molecular weight excluding hydrogens is 308 g/mol. The minimum atomic E-state index is -0.791. The van der Waals surface area contributed by atoms with Crippen LogP contribution in [0.5, 0.6) is 0 Å². The summed E-state index contributed by atoms with van der Waals surface area (Å²) in [6, 6.07) is 6.02. The lowest BCUT2D eigenvalue weighted by Crippen LogP contribution is -2.45. The van der Waals surface area contributed by atoms with Crippen molar-refractivity contribution in [2.24, 2.45) is 5.92 Å². The minimum absolute atomic E-state index is 0.0589. The lowest BCUT2D eigenvalue weighted by Gasteiger charge is -2.32. The Hall–Kier alpha value is -2.08. The van der Waals surface area contributed by atoms with Crippen molar-refractivity contribution in [1.29, 1.82) is 0 Å². The summed E-state index contributed by atoms with van der Waals surface area (Å²) in [5.41, 5.74) is 3.63. The van der Waals surface area contributed by atoms with Crippen LogP contribution in [0.2, 0.25) is 0 Å². The maximum atomic E-state index is 12.4. The molecule has 6 heteroatoms. The van der Waals surface area contributed by atoms with Gasteiger partial charge in [-0.15, -0.1) is 0 Å². The molecule has 1 saturated heterocycles. The van der Waals surface area contributed by atoms with E-state index < -0.39 is 5.97 Å². The first-order valence-electron chi connectivity index (χ1n) is 8.55. The summed E-state index contributed by atoms with van der Waals surface area (Å²) in [7, 11) is 0. The highest BCUT2D eigenvalue weighted by molar-refractivity contribution is 5.74. The summed E-state index contributed by atoms with van der Waals surface area (Å²) in [5.74, 6) is -0.732. The van der Waals surface area contributed by atoms with E-state index in [2.05, 4.69) is 11.4 Å². The third-order valence-corrected chi connectivity index (χ3v) is 4.82. The summed E-state index contributed by atoms with van der Waals surface area (Å²) < 4.78 is 5.47. The predicted octanol–water partition coefficient (Wildman–Crippen LogP) is 2.16. The monoisotopic (exact) mass is 332 g/mol. The molecule has 3 rings (SSSR count). The number of carboxylic acid groups (broad SMARTS) is 1. The lowest BCUT2D eigenvalue weighted by molar-refractivity contribution is -0.138. The number of piperidine rings is 1. The molecule has 24 heavy (non-hydrogen) atoms. The fourth-order valence-corrected chi connectivity index (χ4v) is 3.61. The molecule has 0 radical (unpaired) electrons. The van der Waals surface area contributed by atoms with Crippen LogP contribution in [0.1, 0.15) is 36.0 Å². The van der Waals surface area contributed by atoms with Gasteiger partial charge in [-0.05, 0) is 41.9 Å². The largest absolute Gasteiger partial charge is 0.481 e. The molecular formula is C18H24N2O4. The normalized spacial score (nSPS) is 20.3. The van der Waals surface area contributed by atoms with Crippen LogP contribution in [0.3, 0.4) is 0 Å². The molecule has 6 nitrogen and oxygen atoms in total. The number of amides is 2. The quantitative estimate of drug-likeness (QED) is 0.885. The molecule has 1 atom stereocenters. The number of fused-ring (bicyclic) bond motifs is 1. The fourth-order valence-electron chi connectivity index (χ4n) is 3.61. The Bertz CT molecular complexity index is 617. The molecule has 0 saturated carbocycles. The summed E-state index contributed by atoms with van der Waals surface area (Å²) in [4.78, 5) is 25.0. The van der Waals surface area contributed by atoms with E-state index in [1.54, 1.807) is 4.90 Å². The highest BCUT2D eigenvalue weighted by Crippen LogP contribution is 2.22. The van der Waals surface area contributed by atoms with Crippen molar-refractivity contribution in [2.75, 3.05) is 19.7 Å². The smallest absolute Gasteiger partial charge is 0.317 e. The number of benzene rings is 1. The van der Waals surface area contributed by atoms with Gasteiger partial charge in [0.25, 0.3) is 0 Å². The van der Waals surface area contributed by atoms with Gasteiger partial charge in [0.2, 0.25) is 0 Å². The number of hydrogen-bond donors (Lipinski definition) is 2. The topological polar surface area (TPSA) is 78.9 Å². The summed E-state index contributed by atoms with van der Waals surface area (Å²) >= 11 is 0. The van der Waals surface area contributed by atoms with Crippen molar-refractivity contribution >= 4 is 12.0 Å². The molecule has 2 heterocycles. The second kappa shape index (κ2) is 7.66. The average Bonchev–Trinajstić information content (AvgIpc) is 2.59. The highest BCUT2D eigenvalue weighted by Gasteiger charge is 2.25. The van der Waals surface area contributed by atoms with Crippen molar-refractivity contribution in [3.05, 3.63) is 34.9 Å². The van der Waals surface area contributed by atoms with E-state index in [0.29, 0.717) is 26.2 Å². The Labute approximate surface area is 141 Å². The van der Waals surface area contributed by atoms with E-state index in [1.165, 1.54) is 11.1 Å². The first-order valence-corrected chi connectivity index (χ1v) is 8.55. The molecule has 1 aromatic carbocycles. The Kier molecular flexibility index (Phi) is 5.35. The second-order valence-corrected chi connectivity index (χ2v) is 6.57. The van der Waals surface area contributed by atoms with Crippen LogP contribution in [0.15, 0.2) is 18.2 Å². The van der Waals surface area contributed by atoms with Crippen molar-refractivity contribution in [1.82, 2.24) is 10.2 Å². The zero-order valence-corrected chi connectivity index (χ0v) is 13.8. The van der Waals surface area contributed by atoms with Crippen LogP contribution in [-0.2, 0) is 29.1 Å². The highest BCUT2D eigenvalue weighted by atomic mass is 16.5. The zero-order chi connectivity index (χ0) is 16.9. The first-order chi connectivity index (χ1) is 11.6. The maximum Gasteiger partial charge on any atom is 0.317 e. The number of hydrogen-bond acceptors (Lipinski definition) is 3. The van der Waals surface area contributed by atoms with Crippen LogP contribution in [0, 0.1) is 5.92 Å². The second-order valence-electron chi connectivity index (χ2n) is 6.57. The standard InChI is InChI=1S/C18H24N2O4/c21-17(22)9-13-3-2-7-20(11-13)18(23)19-10-14-4-1-5-15-12-24-8-6-16(14)15/h1,4-5,13H,2-3,6-12H2,(H,19,23)(H,21,22). The SMILES string of the molecule is O=C(O)CC1CCCN(C(=O)NCc2cccc3c2CCOC3)C1. The number of aliphatic carboxylic acids is 1. The Morgan fingerprint density at radius 1 is 1.38 bits per heavy atom. The molecule has 1 unspecified atom stereocenters. The van der Waals surface area contributed by atoms with E-state index in [0.717, 1.165) is 31.4 Å². The molecule has 0 aromatic heterocycles. The van der Waals surface area contributed by atoms with Crippen LogP contribution in [0.25, 0.3) is 0 Å². The van der Waals surface area contributed by atoms with E-state index in [1.807, 2.05) is 12.1 Å². The number of carboxylic acids is 1. The molecule has 0 spiro atoms. The van der Waals surface area contributed by atoms with E-state index >= 15 is 0 Å². The number of rotatable bonds is 4. The van der Waals surface area contributed by atoms with Gasteiger partial charge in [0.15, 0.2) is 0 Å². The number of ether oxygens (including phenoxy) is 1. The number of carbonyl (C=O) groups is 2. The Morgan fingerprint density at radius 3 is 3.08 bits per heavy atom. The summed E-state index contributed by atoms with van der Waals surface area (Å²) in [6.45, 7) is 3.09. The Balaban J connectivity index is 1.57. The number of carbonyl (C=O) groups excluding carboxylic acids is 1. The fraction of sp³-hybridized carbons (Fsp3) is 0.556. The van der Waals surface area contributed by atoms with Gasteiger partial charge in [0.1, 0.15) is 0 Å². The van der Waals surface area contributed by atoms with Crippen molar-refractivity contribution in [3.63, 3.8) is 0 Å². The first kappa shape index (κ1) is 16.8. The zero-order valence-electron chi connectivity index (χ0n) is 13.8. The molecule has 130 valence electrons. The van der Waals surface area contributed by atoms with Crippen LogP contribution in [0.4, 0.5) is 4.79 Å². The van der Waals surface area contributed by atoms with Gasteiger partial charge in [-0.3, -0.25) is 4.79 Å². The van der Waals surface area contributed by atoms with Gasteiger partial charge in [-0.1, -0.05) is 18.2 Å². The molecule has 2 amide bonds. The average molecular weight is 332 g/mol. The molecule has 2 aliphatic rings. The van der Waals surface area contributed by atoms with Crippen molar-refractivity contribution < 1.29 is 19.4 Å². The lowest BCUT2D eigenvalue weighted by atomic mass is 9.95. The number of nitrogens with one attached hydrogen (secondary N) is 1. The third-order valence-electron chi connectivity index (χ3n) is 4.82. The van der Waals surface area contributed by atoms with Crippen LogP contribution in [-0.4, -0.2) is 41.7 Å². The third kappa shape index (κ3) is 4.06. The minimum Gasteiger partial charge on any atom is -0.481 e. The summed E-state index contributed by atoms with van der Waals surface area (Å²) in [5, 5.41) is 11.9. The molecule has 0 bridgehead atoms. The molecule has 1 aromatic rings. The molecule has 2 N–H and O–H groups in total. The van der Waals surface area contributed by atoms with Gasteiger partial charge in [0.05, 0.1) is 13.2 Å². The number of urea groups is 1. The van der Waals surface area contributed by atoms with Gasteiger partial charge < -0.3 is 20.1 Å². The van der Waals surface area contributed by atoms with Gasteiger partial charge >= 0.3 is 12.0 Å². The predicted molar refractivity (Wildman–Crippen MR) is 88.6 cm³/mol. The van der Waals surface area contributed by atoms with Gasteiger partial charge in [-0.25, -0.2) is 4.79 Å². The van der Waals surface area contributed by atoms with E-state index in [4.69, 9.17) is 9.84 Å². The van der Waals surface area contributed by atoms with Crippen LogP contribution < -0.4 is 5.32 Å². The Morgan fingerprint density at radius 2 is 2.25 bits per heavy atom. The number of likely N-dealkylation sites (tertiary alicyclic amines) is 1. The van der Waals surface area contributed by atoms with Gasteiger partial charge in [0, 0.05) is 26.1 Å². The van der Waals surface area contributed by atoms with Crippen molar-refractivity contribution in [2.45, 2.75) is 38.8 Å². The van der Waals surface area contributed by atoms with Gasteiger partial charge in [-0.2, -0.15) is 0 Å². The van der Waals surface area contributed by atoms with Crippen LogP contribution >= 0.6 is 0 Å². The molecule has 2 aliphatic heterocycles. The number of nitrogens with zero attached hydrogens (tertiary/aromatic N) is 1. The van der Waals surface area contributed by atoms with E-state index in [-0.39, 0.29) is 18.4 Å². The maximum absolute atomic E-state index is 12.4. The molecule has 1 fully saturated rings. The van der Waals surface area contributed by atoms with Crippen molar-refractivity contribution in [3.8, 4) is 0 Å². The van der Waals surface area contributed by atoms with E-state index in [9.17, 15) is 9.59 Å². The molecule has 0 aliphatic carbocycles. The summed E-state index contributed by atoms with van der Waals surface area (Å²) in [6.07, 6.45) is 2.76.